The fourth-order valence-corrected chi connectivity index (χ4v) is 3.70. The predicted molar refractivity (Wildman–Crippen MR) is 119 cm³/mol. The Morgan fingerprint density at radius 2 is 2.03 bits per heavy atom. The molecule has 0 aliphatic heterocycles. The van der Waals surface area contributed by atoms with E-state index in [0.29, 0.717) is 46.1 Å². The minimum Gasteiger partial charge on any atom is -0.463 e. The van der Waals surface area contributed by atoms with Crippen molar-refractivity contribution in [3.8, 4) is 22.7 Å². The van der Waals surface area contributed by atoms with Gasteiger partial charge in [-0.1, -0.05) is 42.4 Å². The molecule has 4 aromatic heterocycles. The Kier molecular flexibility index (Phi) is 5.03. The monoisotopic (exact) mass is 427 g/mol. The molecule has 1 amide bonds. The van der Waals surface area contributed by atoms with Gasteiger partial charge >= 0.3 is 0 Å². The molecule has 0 spiro atoms. The lowest BCUT2D eigenvalue weighted by molar-refractivity contribution is 0.0935. The topological polar surface area (TPSA) is 110 Å². The molecule has 1 aromatic carbocycles. The molecular weight excluding hydrogens is 406 g/mol. The van der Waals surface area contributed by atoms with Gasteiger partial charge < -0.3 is 19.2 Å². The van der Waals surface area contributed by atoms with Crippen LogP contribution in [0.3, 0.4) is 0 Å². The van der Waals surface area contributed by atoms with E-state index in [1.807, 2.05) is 37.3 Å². The van der Waals surface area contributed by atoms with Crippen molar-refractivity contribution in [3.63, 3.8) is 0 Å². The molecule has 4 heterocycles. The van der Waals surface area contributed by atoms with E-state index in [1.54, 1.807) is 37.6 Å². The highest BCUT2D eigenvalue weighted by atomic mass is 16.5. The molecule has 0 radical (unpaired) electrons. The summed E-state index contributed by atoms with van der Waals surface area (Å²) in [6, 6.07) is 14.9. The molecule has 0 saturated carbocycles. The number of imidazole rings is 1. The zero-order chi connectivity index (χ0) is 22.1. The molecule has 0 fully saturated rings. The number of carbonyl (C=O) groups is 1. The lowest BCUT2D eigenvalue weighted by Gasteiger charge is -2.15. The summed E-state index contributed by atoms with van der Waals surface area (Å²) >= 11 is 0. The molecule has 0 aliphatic rings. The largest absolute Gasteiger partial charge is 0.463 e. The van der Waals surface area contributed by atoms with Gasteiger partial charge in [0.05, 0.1) is 40.8 Å². The number of hydrogen-bond acceptors (Lipinski definition) is 6. The summed E-state index contributed by atoms with van der Waals surface area (Å²) in [5, 5.41) is 7.65. The molecule has 0 saturated heterocycles. The Morgan fingerprint density at radius 1 is 1.19 bits per heavy atom. The summed E-state index contributed by atoms with van der Waals surface area (Å²) in [6.07, 6.45) is 4.00. The lowest BCUT2D eigenvalue weighted by atomic mass is 10.1. The van der Waals surface area contributed by atoms with E-state index in [1.165, 1.54) is 0 Å². The van der Waals surface area contributed by atoms with Gasteiger partial charge in [0.25, 0.3) is 11.6 Å². The molecule has 2 N–H and O–H groups in total. The fraction of sp³-hybridized carbons (Fsp3) is 0.167. The maximum atomic E-state index is 13.4. The second-order valence-corrected chi connectivity index (χ2v) is 7.46. The van der Waals surface area contributed by atoms with Crippen LogP contribution in [-0.4, -0.2) is 26.0 Å². The number of nitrogens with one attached hydrogen (secondary N) is 2. The summed E-state index contributed by atoms with van der Waals surface area (Å²) < 4.78 is 10.8. The molecule has 8 nitrogen and oxygen atoms in total. The van der Waals surface area contributed by atoms with Crippen LogP contribution in [0.25, 0.3) is 33.8 Å². The van der Waals surface area contributed by atoms with Gasteiger partial charge in [-0.05, 0) is 37.1 Å². The fourth-order valence-electron chi connectivity index (χ4n) is 3.70. The van der Waals surface area contributed by atoms with Crippen LogP contribution in [-0.2, 0) is 0 Å². The highest BCUT2D eigenvalue weighted by Gasteiger charge is 2.23. The number of rotatable bonds is 6. The first-order chi connectivity index (χ1) is 15.6. The normalized spacial score (nSPS) is 12.2. The van der Waals surface area contributed by atoms with E-state index >= 15 is 0 Å². The van der Waals surface area contributed by atoms with Gasteiger partial charge in [-0.25, -0.2) is 9.97 Å². The predicted octanol–water partition coefficient (Wildman–Crippen LogP) is 5.06. The third-order valence-corrected chi connectivity index (χ3v) is 5.36. The van der Waals surface area contributed by atoms with Crippen molar-refractivity contribution in [2.24, 2.45) is 0 Å². The van der Waals surface area contributed by atoms with Crippen LogP contribution in [0.15, 0.2) is 69.9 Å². The first-order valence-corrected chi connectivity index (χ1v) is 10.4. The SMILES string of the molecule is CCC(NC(=O)c1cc(-c2ccco2)nc2onc(C)c12)c1ncc(-c2ccccc2)[nH]1. The van der Waals surface area contributed by atoms with Crippen molar-refractivity contribution < 1.29 is 13.7 Å². The first-order valence-electron chi connectivity index (χ1n) is 10.4. The Labute approximate surface area is 183 Å². The number of pyridine rings is 1. The third kappa shape index (κ3) is 3.56. The number of nitrogens with zero attached hydrogens (tertiary/aromatic N) is 3. The van der Waals surface area contributed by atoms with Crippen molar-refractivity contribution in [1.82, 2.24) is 25.4 Å². The standard InChI is InChI=1S/C24H21N5O3/c1-3-17(22-25-13-19(26-22)15-8-5-4-6-9-15)27-23(30)16-12-18(20-10-7-11-31-20)28-24-21(16)14(2)29-32-24/h4-13,17H,3H2,1-2H3,(H,25,26)(H,27,30). The molecule has 0 bridgehead atoms. The Hall–Kier alpha value is -4.20. The van der Waals surface area contributed by atoms with Crippen LogP contribution in [0, 0.1) is 6.92 Å². The molecule has 1 unspecified atom stereocenters. The van der Waals surface area contributed by atoms with E-state index in [4.69, 9.17) is 8.94 Å². The maximum absolute atomic E-state index is 13.4. The lowest BCUT2D eigenvalue weighted by Crippen LogP contribution is -2.29. The summed E-state index contributed by atoms with van der Waals surface area (Å²) in [7, 11) is 0. The molecule has 5 rings (SSSR count). The zero-order valence-corrected chi connectivity index (χ0v) is 17.6. The molecule has 160 valence electrons. The van der Waals surface area contributed by atoms with Crippen LogP contribution in [0.4, 0.5) is 0 Å². The van der Waals surface area contributed by atoms with Gasteiger partial charge in [-0.3, -0.25) is 4.79 Å². The molecule has 0 aliphatic carbocycles. The van der Waals surface area contributed by atoms with Crippen molar-refractivity contribution in [1.29, 1.82) is 0 Å². The number of aromatic nitrogens is 4. The maximum Gasteiger partial charge on any atom is 0.259 e. The summed E-state index contributed by atoms with van der Waals surface area (Å²) in [6.45, 7) is 3.78. The number of furan rings is 1. The molecule has 5 aromatic rings. The summed E-state index contributed by atoms with van der Waals surface area (Å²) in [5.41, 5.74) is 3.75. The van der Waals surface area contributed by atoms with Crippen molar-refractivity contribution >= 4 is 17.0 Å². The van der Waals surface area contributed by atoms with Crippen molar-refractivity contribution in [2.75, 3.05) is 0 Å². The number of carbonyl (C=O) groups excluding carboxylic acids is 1. The zero-order valence-electron chi connectivity index (χ0n) is 17.6. The van der Waals surface area contributed by atoms with E-state index in [9.17, 15) is 4.79 Å². The number of H-pyrrole nitrogens is 1. The van der Waals surface area contributed by atoms with Crippen molar-refractivity contribution in [2.45, 2.75) is 26.3 Å². The van der Waals surface area contributed by atoms with E-state index in [2.05, 4.69) is 25.4 Å². The van der Waals surface area contributed by atoms with E-state index in [-0.39, 0.29) is 11.9 Å². The Balaban J connectivity index is 1.47. The van der Waals surface area contributed by atoms with Gasteiger partial charge in [0.2, 0.25) is 0 Å². The molecular formula is C24H21N5O3. The average Bonchev–Trinajstić information content (AvgIpc) is 3.59. The Bertz CT molecular complexity index is 1370. The second-order valence-electron chi connectivity index (χ2n) is 7.46. The number of amides is 1. The van der Waals surface area contributed by atoms with E-state index < -0.39 is 0 Å². The van der Waals surface area contributed by atoms with Gasteiger partial charge in [0.15, 0.2) is 5.76 Å². The number of fused-ring (bicyclic) bond motifs is 1. The van der Waals surface area contributed by atoms with E-state index in [0.717, 1.165) is 11.3 Å². The smallest absolute Gasteiger partial charge is 0.259 e. The number of hydrogen-bond donors (Lipinski definition) is 2. The highest BCUT2D eigenvalue weighted by Crippen LogP contribution is 2.28. The quantitative estimate of drug-likeness (QED) is 0.392. The van der Waals surface area contributed by atoms with Gasteiger partial charge in [-0.2, -0.15) is 0 Å². The van der Waals surface area contributed by atoms with Gasteiger partial charge in [0, 0.05) is 0 Å². The minimum atomic E-state index is -0.296. The molecule has 8 heteroatoms. The highest BCUT2D eigenvalue weighted by molar-refractivity contribution is 6.07. The first kappa shape index (κ1) is 19.7. The van der Waals surface area contributed by atoms with Crippen LogP contribution >= 0.6 is 0 Å². The number of aryl methyl sites for hydroxylation is 1. The van der Waals surface area contributed by atoms with Crippen LogP contribution in [0.5, 0.6) is 0 Å². The number of benzene rings is 1. The average molecular weight is 427 g/mol. The minimum absolute atomic E-state index is 0.263. The van der Waals surface area contributed by atoms with Crippen LogP contribution in [0.1, 0.15) is 41.3 Å². The Morgan fingerprint density at radius 3 is 2.78 bits per heavy atom. The molecule has 1 atom stereocenters. The van der Waals surface area contributed by atoms with Crippen LogP contribution in [0.2, 0.25) is 0 Å². The van der Waals surface area contributed by atoms with Gasteiger partial charge in [0.1, 0.15) is 11.5 Å². The second kappa shape index (κ2) is 8.14. The van der Waals surface area contributed by atoms with Gasteiger partial charge in [-0.15, -0.1) is 0 Å². The van der Waals surface area contributed by atoms with Crippen molar-refractivity contribution in [3.05, 3.63) is 78.1 Å². The summed E-state index contributed by atoms with van der Waals surface area (Å²) in [4.78, 5) is 25.7. The third-order valence-electron chi connectivity index (χ3n) is 5.36. The number of aromatic amines is 1. The van der Waals surface area contributed by atoms with Crippen LogP contribution < -0.4 is 5.32 Å². The summed E-state index contributed by atoms with van der Waals surface area (Å²) in [5.74, 6) is 0.972. The molecule has 32 heavy (non-hydrogen) atoms.